The fourth-order valence-electron chi connectivity index (χ4n) is 7.73. The highest BCUT2D eigenvalue weighted by Crippen LogP contribution is 2.43. The number of para-hydroxylation sites is 1. The van der Waals surface area contributed by atoms with E-state index < -0.39 is 0 Å². The highest BCUT2D eigenvalue weighted by molar-refractivity contribution is 6.06. The Hall–Kier alpha value is -7.16. The van der Waals surface area contributed by atoms with Crippen LogP contribution in [0.4, 0.5) is 17.1 Å². The molecule has 2 nitrogen and oxygen atoms in total. The maximum atomic E-state index is 6.27. The molecule has 0 bridgehead atoms. The Kier molecular flexibility index (Phi) is 7.85. The van der Waals surface area contributed by atoms with E-state index in [0.29, 0.717) is 0 Å². The Morgan fingerprint density at radius 1 is 0.315 bits per heavy atom. The average Bonchev–Trinajstić information content (AvgIpc) is 3.69. The van der Waals surface area contributed by atoms with Crippen LogP contribution in [0.1, 0.15) is 0 Å². The number of fused-ring (bicyclic) bond motifs is 3. The zero-order valence-electron chi connectivity index (χ0n) is 29.6. The summed E-state index contributed by atoms with van der Waals surface area (Å²) in [5.74, 6) is 0.872. The number of benzene rings is 9. The normalized spacial score (nSPS) is 11.3. The minimum atomic E-state index is 0.872. The average molecular weight is 690 g/mol. The van der Waals surface area contributed by atoms with Crippen LogP contribution < -0.4 is 4.90 Å². The van der Waals surface area contributed by atoms with Gasteiger partial charge in [0.05, 0.1) is 5.69 Å². The van der Waals surface area contributed by atoms with Gasteiger partial charge in [-0.25, -0.2) is 0 Å². The molecular formula is C52H35NO. The second-order valence-electron chi connectivity index (χ2n) is 13.8. The van der Waals surface area contributed by atoms with E-state index in [4.69, 9.17) is 4.42 Å². The summed E-state index contributed by atoms with van der Waals surface area (Å²) in [7, 11) is 0. The Morgan fingerprint density at radius 3 is 1.65 bits per heavy atom. The van der Waals surface area contributed by atoms with Crippen molar-refractivity contribution >= 4 is 49.6 Å². The standard InChI is InChI=1S/C52H35NO/c1-2-11-36(12-3-1)38-23-27-45(28-24-38)53(46-29-25-39(26-30-46)41-22-21-37-13-4-5-14-40(37)33-41)50-32-31-47(48-18-7-8-19-49(48)50)42-16-10-17-43(34-42)52-35-44-15-6-9-20-51(44)54-52/h1-35H. The molecule has 0 aliphatic heterocycles. The first-order valence-corrected chi connectivity index (χ1v) is 18.4. The van der Waals surface area contributed by atoms with Crippen molar-refractivity contribution in [1.82, 2.24) is 0 Å². The predicted molar refractivity (Wildman–Crippen MR) is 228 cm³/mol. The van der Waals surface area contributed by atoms with Gasteiger partial charge in [-0.1, -0.05) is 158 Å². The van der Waals surface area contributed by atoms with Gasteiger partial charge in [0, 0.05) is 27.7 Å². The van der Waals surface area contributed by atoms with Crippen LogP contribution in [0.3, 0.4) is 0 Å². The van der Waals surface area contributed by atoms with Crippen molar-refractivity contribution in [3.8, 4) is 44.7 Å². The van der Waals surface area contributed by atoms with Crippen molar-refractivity contribution in [2.45, 2.75) is 0 Å². The SMILES string of the molecule is c1ccc(-c2ccc(N(c3ccc(-c4ccc5ccccc5c4)cc3)c3ccc(-c4cccc(-c5cc6ccccc6o5)c4)c4ccccc34)cc2)cc1. The summed E-state index contributed by atoms with van der Waals surface area (Å²) in [6.07, 6.45) is 0. The topological polar surface area (TPSA) is 16.4 Å². The van der Waals surface area contributed by atoms with Crippen molar-refractivity contribution < 1.29 is 4.42 Å². The van der Waals surface area contributed by atoms with Crippen molar-refractivity contribution in [2.75, 3.05) is 4.90 Å². The zero-order chi connectivity index (χ0) is 35.8. The first-order valence-electron chi connectivity index (χ1n) is 18.4. The van der Waals surface area contributed by atoms with Crippen LogP contribution in [0, 0.1) is 0 Å². The monoisotopic (exact) mass is 689 g/mol. The molecule has 0 unspecified atom stereocenters. The number of rotatable bonds is 7. The lowest BCUT2D eigenvalue weighted by atomic mass is 9.94. The molecule has 1 aromatic heterocycles. The summed E-state index contributed by atoms with van der Waals surface area (Å²) in [5.41, 5.74) is 12.4. The highest BCUT2D eigenvalue weighted by Gasteiger charge is 2.18. The maximum Gasteiger partial charge on any atom is 0.135 e. The van der Waals surface area contributed by atoms with Crippen LogP contribution >= 0.6 is 0 Å². The van der Waals surface area contributed by atoms with Crippen molar-refractivity contribution in [3.63, 3.8) is 0 Å². The minimum absolute atomic E-state index is 0.872. The zero-order valence-corrected chi connectivity index (χ0v) is 29.6. The Labute approximate surface area is 314 Å². The van der Waals surface area contributed by atoms with Gasteiger partial charge >= 0.3 is 0 Å². The van der Waals surface area contributed by atoms with Crippen LogP contribution in [0.5, 0.6) is 0 Å². The van der Waals surface area contributed by atoms with Crippen LogP contribution in [-0.4, -0.2) is 0 Å². The van der Waals surface area contributed by atoms with Crippen molar-refractivity contribution in [1.29, 1.82) is 0 Å². The van der Waals surface area contributed by atoms with Gasteiger partial charge < -0.3 is 9.32 Å². The second-order valence-corrected chi connectivity index (χ2v) is 13.8. The third kappa shape index (κ3) is 5.81. The van der Waals surface area contributed by atoms with Crippen LogP contribution in [0.15, 0.2) is 217 Å². The number of hydrogen-bond acceptors (Lipinski definition) is 2. The molecule has 0 atom stereocenters. The molecule has 0 saturated heterocycles. The van der Waals surface area contributed by atoms with E-state index in [1.165, 1.54) is 49.4 Å². The number of furan rings is 1. The summed E-state index contributed by atoms with van der Waals surface area (Å²) in [4.78, 5) is 2.38. The highest BCUT2D eigenvalue weighted by atomic mass is 16.3. The first-order chi connectivity index (χ1) is 26.7. The molecule has 10 aromatic rings. The molecule has 54 heavy (non-hydrogen) atoms. The number of anilines is 3. The maximum absolute atomic E-state index is 6.27. The third-order valence-corrected chi connectivity index (χ3v) is 10.5. The summed E-state index contributed by atoms with van der Waals surface area (Å²) in [6, 6.07) is 76.0. The smallest absolute Gasteiger partial charge is 0.135 e. The second kappa shape index (κ2) is 13.4. The lowest BCUT2D eigenvalue weighted by Crippen LogP contribution is -2.10. The molecule has 0 spiro atoms. The number of hydrogen-bond donors (Lipinski definition) is 0. The molecule has 0 radical (unpaired) electrons. The lowest BCUT2D eigenvalue weighted by molar-refractivity contribution is 0.631. The van der Waals surface area contributed by atoms with Crippen LogP contribution in [-0.2, 0) is 0 Å². The van der Waals surface area contributed by atoms with E-state index in [0.717, 1.165) is 44.9 Å². The van der Waals surface area contributed by atoms with Gasteiger partial charge in [0.25, 0.3) is 0 Å². The summed E-state index contributed by atoms with van der Waals surface area (Å²) in [6.45, 7) is 0. The van der Waals surface area contributed by atoms with Gasteiger partial charge in [-0.2, -0.15) is 0 Å². The van der Waals surface area contributed by atoms with E-state index in [1.807, 2.05) is 18.2 Å². The van der Waals surface area contributed by atoms with Gasteiger partial charge in [0.1, 0.15) is 11.3 Å². The molecule has 1 heterocycles. The quantitative estimate of drug-likeness (QED) is 0.166. The predicted octanol–water partition coefficient (Wildman–Crippen LogP) is 14.9. The van der Waals surface area contributed by atoms with Crippen molar-refractivity contribution in [2.24, 2.45) is 0 Å². The summed E-state index contributed by atoms with van der Waals surface area (Å²) >= 11 is 0. The van der Waals surface area contributed by atoms with E-state index >= 15 is 0 Å². The molecule has 0 aliphatic carbocycles. The molecular weight excluding hydrogens is 655 g/mol. The van der Waals surface area contributed by atoms with E-state index in [2.05, 4.69) is 199 Å². The summed E-state index contributed by atoms with van der Waals surface area (Å²) < 4.78 is 6.27. The van der Waals surface area contributed by atoms with E-state index in [-0.39, 0.29) is 0 Å². The van der Waals surface area contributed by atoms with Crippen LogP contribution in [0.2, 0.25) is 0 Å². The molecule has 10 rings (SSSR count). The Balaban J connectivity index is 1.08. The fraction of sp³-hybridized carbons (Fsp3) is 0. The number of nitrogens with zero attached hydrogens (tertiary/aromatic N) is 1. The van der Waals surface area contributed by atoms with E-state index in [1.54, 1.807) is 0 Å². The fourth-order valence-corrected chi connectivity index (χ4v) is 7.73. The summed E-state index contributed by atoms with van der Waals surface area (Å²) in [5, 5.41) is 5.97. The van der Waals surface area contributed by atoms with Gasteiger partial charge in [-0.05, 0) is 104 Å². The molecule has 2 heteroatoms. The molecule has 0 amide bonds. The molecule has 0 saturated carbocycles. The molecule has 9 aromatic carbocycles. The minimum Gasteiger partial charge on any atom is -0.456 e. The van der Waals surface area contributed by atoms with E-state index in [9.17, 15) is 0 Å². The molecule has 254 valence electrons. The van der Waals surface area contributed by atoms with Gasteiger partial charge in [0.2, 0.25) is 0 Å². The van der Waals surface area contributed by atoms with Crippen LogP contribution in [0.25, 0.3) is 77.2 Å². The molecule has 0 aliphatic rings. The van der Waals surface area contributed by atoms with Gasteiger partial charge in [0.15, 0.2) is 0 Å². The van der Waals surface area contributed by atoms with Crippen molar-refractivity contribution in [3.05, 3.63) is 212 Å². The molecule has 0 fully saturated rings. The van der Waals surface area contributed by atoms with Gasteiger partial charge in [-0.15, -0.1) is 0 Å². The third-order valence-electron chi connectivity index (χ3n) is 10.5. The van der Waals surface area contributed by atoms with Gasteiger partial charge in [-0.3, -0.25) is 0 Å². The Morgan fingerprint density at radius 2 is 0.889 bits per heavy atom. The largest absolute Gasteiger partial charge is 0.456 e. The Bertz CT molecular complexity index is 2890. The molecule has 0 N–H and O–H groups in total. The first kappa shape index (κ1) is 31.6. The lowest BCUT2D eigenvalue weighted by Gasteiger charge is -2.28.